The van der Waals surface area contributed by atoms with Crippen molar-refractivity contribution in [2.45, 2.75) is 6.92 Å². The zero-order valence-electron chi connectivity index (χ0n) is 14.7. The van der Waals surface area contributed by atoms with Crippen LogP contribution in [0.25, 0.3) is 0 Å². The maximum Gasteiger partial charge on any atom is 0.411 e. The number of urea groups is 1. The van der Waals surface area contributed by atoms with E-state index in [1.165, 1.54) is 32.2 Å². The molecule has 0 radical (unpaired) electrons. The van der Waals surface area contributed by atoms with Gasteiger partial charge in [0.15, 0.2) is 11.5 Å². The van der Waals surface area contributed by atoms with Crippen LogP contribution in [0, 0.1) is 6.92 Å². The second-order valence-corrected chi connectivity index (χ2v) is 7.87. The topological polar surface area (TPSA) is 176 Å². The van der Waals surface area contributed by atoms with Crippen LogP contribution in [0.1, 0.15) is 5.82 Å². The Balaban J connectivity index is 2.12. The van der Waals surface area contributed by atoms with Crippen molar-refractivity contribution in [1.29, 1.82) is 0 Å². The molecule has 1 aromatic carbocycles. The lowest BCUT2D eigenvalue weighted by molar-refractivity contribution is 0.255. The monoisotopic (exact) mass is 433 g/mol. The second kappa shape index (κ2) is 8.22. The van der Waals surface area contributed by atoms with E-state index < -0.39 is 32.2 Å². The van der Waals surface area contributed by atoms with Crippen molar-refractivity contribution in [1.82, 2.24) is 19.7 Å². The Labute approximate surface area is 160 Å². The van der Waals surface area contributed by atoms with E-state index in [1.54, 1.807) is 4.72 Å². The fraction of sp³-hybridized carbons (Fsp3) is 0.231. The molecule has 2 aromatic rings. The molecule has 0 bridgehead atoms. The number of anilines is 1. The Morgan fingerprint density at radius 2 is 1.61 bits per heavy atom. The molecular formula is C13H15N5O8S2. The Hall–Kier alpha value is -3.20. The number of nitrogens with zero attached hydrogens (tertiary/aromatic N) is 3. The van der Waals surface area contributed by atoms with Crippen molar-refractivity contribution in [3.8, 4) is 17.5 Å². The molecule has 28 heavy (non-hydrogen) atoms. The minimum Gasteiger partial charge on any atom is -0.467 e. The van der Waals surface area contributed by atoms with Crippen LogP contribution in [0.15, 0.2) is 24.3 Å². The van der Waals surface area contributed by atoms with E-state index in [1.807, 2.05) is 0 Å². The van der Waals surface area contributed by atoms with Gasteiger partial charge in [0.05, 0.1) is 13.4 Å². The molecule has 0 aliphatic heterocycles. The molecule has 0 fully saturated rings. The number of hydrogen-bond donors (Lipinski definition) is 2. The van der Waals surface area contributed by atoms with Crippen LogP contribution >= 0.6 is 0 Å². The number of para-hydroxylation sites is 2. The number of methoxy groups -OCH3 is 1. The van der Waals surface area contributed by atoms with E-state index in [4.69, 9.17) is 4.74 Å². The van der Waals surface area contributed by atoms with E-state index in [-0.39, 0.29) is 23.5 Å². The highest BCUT2D eigenvalue weighted by molar-refractivity contribution is 7.86. The molecule has 2 N–H and O–H groups in total. The third-order valence-corrected chi connectivity index (χ3v) is 3.96. The lowest BCUT2D eigenvalue weighted by Gasteiger charge is -2.12. The normalized spacial score (nSPS) is 11.4. The van der Waals surface area contributed by atoms with E-state index in [0.29, 0.717) is 0 Å². The predicted molar refractivity (Wildman–Crippen MR) is 94.7 cm³/mol. The van der Waals surface area contributed by atoms with Crippen molar-refractivity contribution in [2.75, 3.05) is 18.7 Å². The molecule has 152 valence electrons. The van der Waals surface area contributed by atoms with Crippen LogP contribution in [-0.2, 0) is 20.4 Å². The number of ether oxygens (including phenoxy) is 1. The summed E-state index contributed by atoms with van der Waals surface area (Å²) in [6.07, 6.45) is 0.773. The minimum absolute atomic E-state index is 0.0891. The van der Waals surface area contributed by atoms with Crippen molar-refractivity contribution >= 4 is 32.4 Å². The number of aromatic nitrogens is 3. The molecule has 13 nitrogen and oxygen atoms in total. The highest BCUT2D eigenvalue weighted by Crippen LogP contribution is 2.28. The van der Waals surface area contributed by atoms with Crippen LogP contribution in [0.4, 0.5) is 10.7 Å². The molecular weight excluding hydrogens is 418 g/mol. The Bertz CT molecular complexity index is 1090. The minimum atomic E-state index is -4.70. The van der Waals surface area contributed by atoms with E-state index in [2.05, 4.69) is 28.6 Å². The summed E-state index contributed by atoms with van der Waals surface area (Å²) < 4.78 is 62.2. The zero-order chi connectivity index (χ0) is 20.9. The SMILES string of the molecule is COc1nc(C)nc(NC(=O)NS(=O)(=O)Oc2ccccc2OS(C)(=O)=O)n1. The molecule has 0 saturated carbocycles. The zero-order valence-corrected chi connectivity index (χ0v) is 16.4. The number of nitrogens with one attached hydrogen (secondary N) is 2. The number of benzene rings is 1. The number of aryl methyl sites for hydroxylation is 1. The van der Waals surface area contributed by atoms with Gasteiger partial charge in [0.25, 0.3) is 0 Å². The first-order chi connectivity index (χ1) is 13.0. The first kappa shape index (κ1) is 21.1. The van der Waals surface area contributed by atoms with Crippen LogP contribution in [0.2, 0.25) is 0 Å². The summed E-state index contributed by atoms with van der Waals surface area (Å²) in [6.45, 7) is 1.51. The lowest BCUT2D eigenvalue weighted by atomic mass is 10.3. The van der Waals surface area contributed by atoms with Crippen molar-refractivity contribution < 1.29 is 34.7 Å². The van der Waals surface area contributed by atoms with Crippen molar-refractivity contribution in [3.63, 3.8) is 0 Å². The fourth-order valence-corrected chi connectivity index (χ4v) is 2.89. The Morgan fingerprint density at radius 1 is 1.00 bits per heavy atom. The average Bonchev–Trinajstić information content (AvgIpc) is 2.53. The number of carbonyl (C=O) groups is 1. The maximum absolute atomic E-state index is 12.0. The summed E-state index contributed by atoms with van der Waals surface area (Å²) in [7, 11) is -7.34. The van der Waals surface area contributed by atoms with Gasteiger partial charge in [-0.1, -0.05) is 12.1 Å². The highest BCUT2D eigenvalue weighted by Gasteiger charge is 2.21. The van der Waals surface area contributed by atoms with Gasteiger partial charge in [0.2, 0.25) is 5.95 Å². The van der Waals surface area contributed by atoms with Gasteiger partial charge >= 0.3 is 32.5 Å². The fourth-order valence-electron chi connectivity index (χ4n) is 1.74. The van der Waals surface area contributed by atoms with Gasteiger partial charge in [-0.25, -0.2) is 9.52 Å². The third-order valence-electron chi connectivity index (χ3n) is 2.64. The van der Waals surface area contributed by atoms with Gasteiger partial charge < -0.3 is 13.1 Å². The van der Waals surface area contributed by atoms with Crippen molar-refractivity contribution in [3.05, 3.63) is 30.1 Å². The largest absolute Gasteiger partial charge is 0.467 e. The quantitative estimate of drug-likeness (QED) is 0.561. The van der Waals surface area contributed by atoms with Gasteiger partial charge in [-0.15, -0.1) is 0 Å². The van der Waals surface area contributed by atoms with Crippen molar-refractivity contribution in [2.24, 2.45) is 0 Å². The third kappa shape index (κ3) is 6.51. The standard InChI is InChI=1S/C13H15N5O8S2/c1-8-14-11(17-13(15-8)24-2)16-12(19)18-28(22,23)26-10-7-5-4-6-9(10)25-27(3,20)21/h4-7H,1-3H3,(H2,14,15,16,17,18,19). The molecule has 0 aliphatic carbocycles. The number of hydrogen-bond acceptors (Lipinski definition) is 11. The molecule has 1 heterocycles. The molecule has 0 aliphatic rings. The summed E-state index contributed by atoms with van der Waals surface area (Å²) in [5.41, 5.74) is 0. The summed E-state index contributed by atoms with van der Waals surface area (Å²) in [5, 5.41) is 2.07. The van der Waals surface area contributed by atoms with Gasteiger partial charge in [-0.2, -0.15) is 31.8 Å². The van der Waals surface area contributed by atoms with Crippen LogP contribution in [0.5, 0.6) is 17.5 Å². The Morgan fingerprint density at radius 3 is 2.18 bits per heavy atom. The van der Waals surface area contributed by atoms with Gasteiger partial charge in [0, 0.05) is 0 Å². The molecule has 15 heteroatoms. The molecule has 0 spiro atoms. The molecule has 0 atom stereocenters. The molecule has 0 unspecified atom stereocenters. The van der Waals surface area contributed by atoms with E-state index in [0.717, 1.165) is 12.3 Å². The number of rotatable bonds is 7. The lowest BCUT2D eigenvalue weighted by Crippen LogP contribution is -2.37. The van der Waals surface area contributed by atoms with Gasteiger partial charge in [0.1, 0.15) is 5.82 Å². The predicted octanol–water partition coefficient (Wildman–Crippen LogP) is -0.0277. The van der Waals surface area contributed by atoms with Crippen LogP contribution in [-0.4, -0.2) is 51.2 Å². The van der Waals surface area contributed by atoms with E-state index in [9.17, 15) is 21.6 Å². The van der Waals surface area contributed by atoms with Gasteiger partial charge in [-0.3, -0.25) is 5.32 Å². The number of amides is 2. The Kier molecular flexibility index (Phi) is 6.19. The summed E-state index contributed by atoms with van der Waals surface area (Å²) >= 11 is 0. The van der Waals surface area contributed by atoms with Crippen LogP contribution < -0.4 is 23.1 Å². The molecule has 0 saturated heterocycles. The summed E-state index contributed by atoms with van der Waals surface area (Å²) in [6, 6.07) is 3.75. The summed E-state index contributed by atoms with van der Waals surface area (Å²) in [5.74, 6) is -0.884. The smallest absolute Gasteiger partial charge is 0.411 e. The first-order valence-corrected chi connectivity index (χ1v) is 10.5. The van der Waals surface area contributed by atoms with Gasteiger partial charge in [-0.05, 0) is 19.1 Å². The highest BCUT2D eigenvalue weighted by atomic mass is 32.2. The second-order valence-electron chi connectivity index (χ2n) is 5.02. The maximum atomic E-state index is 12.0. The van der Waals surface area contributed by atoms with E-state index >= 15 is 0 Å². The van der Waals surface area contributed by atoms with Crippen LogP contribution in [0.3, 0.4) is 0 Å². The summed E-state index contributed by atoms with van der Waals surface area (Å²) in [4.78, 5) is 23.2. The number of carbonyl (C=O) groups excluding carboxylic acids is 1. The average molecular weight is 433 g/mol. The molecule has 1 aromatic heterocycles. The molecule has 2 amide bonds. The first-order valence-electron chi connectivity index (χ1n) is 7.26. The molecule has 2 rings (SSSR count).